The van der Waals surface area contributed by atoms with Crippen molar-refractivity contribution in [3.05, 3.63) is 0 Å². The first kappa shape index (κ1) is 15.8. The van der Waals surface area contributed by atoms with Gasteiger partial charge in [-0.05, 0) is 31.3 Å². The molecule has 1 saturated carbocycles. The van der Waals surface area contributed by atoms with E-state index >= 15 is 0 Å². The fraction of sp³-hybridized carbons (Fsp3) is 0.909. The highest BCUT2D eigenvalue weighted by atomic mass is 32.2. The lowest BCUT2D eigenvalue weighted by Crippen LogP contribution is -2.39. The largest absolute Gasteiger partial charge is 0.469 e. The Bertz CT molecular complexity index is 369. The molecule has 1 N–H and O–H groups in total. The molecule has 7 heteroatoms. The average molecular weight is 295 g/mol. The summed E-state index contributed by atoms with van der Waals surface area (Å²) in [5, 5.41) is -0.626. The van der Waals surface area contributed by atoms with Gasteiger partial charge in [-0.2, -0.15) is 11.8 Å². The SMILES string of the molecule is COC(=O)C1CCCC1S(=O)(=O)NCCCSC. The van der Waals surface area contributed by atoms with Gasteiger partial charge in [0, 0.05) is 6.54 Å². The molecule has 2 atom stereocenters. The van der Waals surface area contributed by atoms with Crippen LogP contribution in [0.15, 0.2) is 0 Å². The van der Waals surface area contributed by atoms with Gasteiger partial charge in [0.2, 0.25) is 10.0 Å². The molecule has 0 aromatic heterocycles. The molecule has 5 nitrogen and oxygen atoms in total. The number of sulfonamides is 1. The molecule has 1 aliphatic carbocycles. The third-order valence-electron chi connectivity index (χ3n) is 3.18. The standard InChI is InChI=1S/C11H21NO4S2/c1-16-11(13)9-5-3-6-10(9)18(14,15)12-7-4-8-17-2/h9-10,12H,3-8H2,1-2H3. The fourth-order valence-electron chi connectivity index (χ4n) is 2.26. The van der Waals surface area contributed by atoms with Crippen molar-refractivity contribution in [1.82, 2.24) is 4.72 Å². The lowest BCUT2D eigenvalue weighted by atomic mass is 10.1. The van der Waals surface area contributed by atoms with Crippen LogP contribution in [0.2, 0.25) is 0 Å². The molecule has 2 unspecified atom stereocenters. The number of thioether (sulfide) groups is 1. The van der Waals surface area contributed by atoms with Crippen LogP contribution in [0.5, 0.6) is 0 Å². The van der Waals surface area contributed by atoms with E-state index in [9.17, 15) is 13.2 Å². The van der Waals surface area contributed by atoms with Gasteiger partial charge < -0.3 is 4.74 Å². The van der Waals surface area contributed by atoms with Gasteiger partial charge in [0.05, 0.1) is 18.3 Å². The molecule has 1 rings (SSSR count). The van der Waals surface area contributed by atoms with Gasteiger partial charge in [0.1, 0.15) is 0 Å². The van der Waals surface area contributed by atoms with E-state index in [0.29, 0.717) is 19.4 Å². The number of nitrogens with one attached hydrogen (secondary N) is 1. The van der Waals surface area contributed by atoms with E-state index in [0.717, 1.165) is 18.6 Å². The van der Waals surface area contributed by atoms with Gasteiger partial charge in [0.25, 0.3) is 0 Å². The maximum atomic E-state index is 12.1. The first-order valence-corrected chi connectivity index (χ1v) is 9.02. The van der Waals surface area contributed by atoms with Crippen LogP contribution in [0, 0.1) is 5.92 Å². The Balaban J connectivity index is 2.57. The van der Waals surface area contributed by atoms with E-state index in [1.54, 1.807) is 11.8 Å². The number of hydrogen-bond acceptors (Lipinski definition) is 5. The van der Waals surface area contributed by atoms with Crippen LogP contribution in [-0.2, 0) is 19.6 Å². The zero-order valence-corrected chi connectivity index (χ0v) is 12.5. The summed E-state index contributed by atoms with van der Waals surface area (Å²) in [4.78, 5) is 11.5. The summed E-state index contributed by atoms with van der Waals surface area (Å²) in [7, 11) is -2.10. The van der Waals surface area contributed by atoms with Crippen molar-refractivity contribution in [2.75, 3.05) is 25.7 Å². The van der Waals surface area contributed by atoms with Crippen LogP contribution in [0.4, 0.5) is 0 Å². The first-order chi connectivity index (χ1) is 8.53. The number of methoxy groups -OCH3 is 1. The van der Waals surface area contributed by atoms with Crippen LogP contribution in [0.1, 0.15) is 25.7 Å². The number of rotatable bonds is 7. The van der Waals surface area contributed by atoms with Crippen molar-refractivity contribution in [2.24, 2.45) is 5.92 Å². The predicted molar refractivity (Wildman–Crippen MR) is 73.1 cm³/mol. The Kier molecular flexibility index (Phi) is 6.45. The fourth-order valence-corrected chi connectivity index (χ4v) is 4.49. The molecule has 0 radical (unpaired) electrons. The number of carbonyl (C=O) groups is 1. The van der Waals surface area contributed by atoms with E-state index in [-0.39, 0.29) is 0 Å². The Morgan fingerprint density at radius 3 is 2.78 bits per heavy atom. The van der Waals surface area contributed by atoms with Crippen molar-refractivity contribution in [3.63, 3.8) is 0 Å². The summed E-state index contributed by atoms with van der Waals surface area (Å²) in [5.74, 6) is 0.00759. The second-order valence-electron chi connectivity index (χ2n) is 4.38. The number of carbonyl (C=O) groups excluding carboxylic acids is 1. The van der Waals surface area contributed by atoms with Gasteiger partial charge in [0.15, 0.2) is 0 Å². The van der Waals surface area contributed by atoms with Crippen LogP contribution >= 0.6 is 11.8 Å². The third-order valence-corrected chi connectivity index (χ3v) is 5.85. The molecule has 1 fully saturated rings. The highest BCUT2D eigenvalue weighted by Gasteiger charge is 2.41. The smallest absolute Gasteiger partial charge is 0.310 e. The quantitative estimate of drug-likeness (QED) is 0.560. The molecule has 0 saturated heterocycles. The predicted octanol–water partition coefficient (Wildman–Crippen LogP) is 1.00. The molecule has 0 aliphatic heterocycles. The molecular weight excluding hydrogens is 274 g/mol. The summed E-state index contributed by atoms with van der Waals surface area (Å²) in [5.41, 5.74) is 0. The van der Waals surface area contributed by atoms with E-state index in [4.69, 9.17) is 0 Å². The van der Waals surface area contributed by atoms with Crippen LogP contribution in [-0.4, -0.2) is 45.3 Å². The highest BCUT2D eigenvalue weighted by Crippen LogP contribution is 2.31. The highest BCUT2D eigenvalue weighted by molar-refractivity contribution is 7.98. The third kappa shape index (κ3) is 4.13. The summed E-state index contributed by atoms with van der Waals surface area (Å²) < 4.78 is 31.5. The maximum absolute atomic E-state index is 12.1. The van der Waals surface area contributed by atoms with Gasteiger partial charge in [-0.15, -0.1) is 0 Å². The minimum atomic E-state index is -3.40. The average Bonchev–Trinajstić information content (AvgIpc) is 2.83. The lowest BCUT2D eigenvalue weighted by molar-refractivity contribution is -0.145. The Morgan fingerprint density at radius 2 is 2.17 bits per heavy atom. The van der Waals surface area contributed by atoms with Crippen molar-refractivity contribution in [2.45, 2.75) is 30.9 Å². The first-order valence-electron chi connectivity index (χ1n) is 6.08. The molecule has 0 aromatic rings. The zero-order valence-electron chi connectivity index (χ0n) is 10.8. The number of hydrogen-bond donors (Lipinski definition) is 1. The zero-order chi connectivity index (χ0) is 13.6. The minimum absolute atomic E-state index is 0.410. The Morgan fingerprint density at radius 1 is 1.44 bits per heavy atom. The van der Waals surface area contributed by atoms with Crippen molar-refractivity contribution < 1.29 is 17.9 Å². The molecule has 0 aromatic carbocycles. The normalized spacial score (nSPS) is 24.1. The number of esters is 1. The Labute approximate surface area is 113 Å². The number of ether oxygens (including phenoxy) is 1. The summed E-state index contributed by atoms with van der Waals surface area (Å²) in [6.45, 7) is 0.438. The van der Waals surface area contributed by atoms with E-state index in [1.807, 2.05) is 6.26 Å². The molecule has 0 spiro atoms. The summed E-state index contributed by atoms with van der Waals surface area (Å²) >= 11 is 1.68. The Hall–Kier alpha value is -0.270. The van der Waals surface area contributed by atoms with Crippen molar-refractivity contribution in [1.29, 1.82) is 0 Å². The van der Waals surface area contributed by atoms with Crippen LogP contribution in [0.25, 0.3) is 0 Å². The molecule has 106 valence electrons. The monoisotopic (exact) mass is 295 g/mol. The van der Waals surface area contributed by atoms with Gasteiger partial charge in [-0.3, -0.25) is 4.79 Å². The molecule has 18 heavy (non-hydrogen) atoms. The molecule has 0 heterocycles. The van der Waals surface area contributed by atoms with E-state index < -0.39 is 27.2 Å². The van der Waals surface area contributed by atoms with E-state index in [1.165, 1.54) is 7.11 Å². The van der Waals surface area contributed by atoms with Crippen molar-refractivity contribution in [3.8, 4) is 0 Å². The van der Waals surface area contributed by atoms with Gasteiger partial charge in [-0.1, -0.05) is 6.42 Å². The summed E-state index contributed by atoms with van der Waals surface area (Å²) in [6.07, 6.45) is 4.69. The molecule has 1 aliphatic rings. The second kappa shape index (κ2) is 7.35. The molecule has 0 amide bonds. The lowest BCUT2D eigenvalue weighted by Gasteiger charge is -2.18. The van der Waals surface area contributed by atoms with Gasteiger partial charge >= 0.3 is 5.97 Å². The topological polar surface area (TPSA) is 72.5 Å². The minimum Gasteiger partial charge on any atom is -0.469 e. The molecular formula is C11H21NO4S2. The van der Waals surface area contributed by atoms with Gasteiger partial charge in [-0.25, -0.2) is 13.1 Å². The summed E-state index contributed by atoms with van der Waals surface area (Å²) in [6, 6.07) is 0. The van der Waals surface area contributed by atoms with Crippen molar-refractivity contribution >= 4 is 27.8 Å². The maximum Gasteiger partial charge on any atom is 0.310 e. The van der Waals surface area contributed by atoms with Crippen LogP contribution in [0.3, 0.4) is 0 Å². The van der Waals surface area contributed by atoms with Crippen LogP contribution < -0.4 is 4.72 Å². The molecule has 0 bridgehead atoms. The second-order valence-corrected chi connectivity index (χ2v) is 7.35. The van der Waals surface area contributed by atoms with E-state index in [2.05, 4.69) is 9.46 Å².